The maximum atomic E-state index is 11.4. The molecule has 0 radical (unpaired) electrons. The smallest absolute Gasteiger partial charge is 0.246 e. The first-order chi connectivity index (χ1) is 6.59. The molecule has 0 N–H and O–H groups in total. The molecule has 1 saturated heterocycles. The molecule has 0 aromatic carbocycles. The summed E-state index contributed by atoms with van der Waals surface area (Å²) >= 11 is 0. The van der Waals surface area contributed by atoms with Gasteiger partial charge in [0.1, 0.15) is 0 Å². The molecule has 1 aliphatic rings. The summed E-state index contributed by atoms with van der Waals surface area (Å²) < 4.78 is 0. The monoisotopic (exact) mass is 196 g/mol. The van der Waals surface area contributed by atoms with Crippen molar-refractivity contribution >= 4 is 11.7 Å². The van der Waals surface area contributed by atoms with Gasteiger partial charge >= 0.3 is 0 Å². The summed E-state index contributed by atoms with van der Waals surface area (Å²) in [5.41, 5.74) is 0. The van der Waals surface area contributed by atoms with Crippen molar-refractivity contribution in [2.75, 3.05) is 33.7 Å². The lowest BCUT2D eigenvalue weighted by Gasteiger charge is -2.11. The molecular formula is C10H16N2O2. The number of nitrogens with zero attached hydrogens (tertiary/aromatic N) is 2. The average molecular weight is 196 g/mol. The third-order valence-corrected chi connectivity index (χ3v) is 2.07. The largest absolute Gasteiger partial charge is 0.331 e. The lowest BCUT2D eigenvalue weighted by molar-refractivity contribution is -0.127. The predicted molar refractivity (Wildman–Crippen MR) is 53.9 cm³/mol. The molecule has 0 aliphatic carbocycles. The van der Waals surface area contributed by atoms with Gasteiger partial charge in [-0.05, 0) is 14.1 Å². The Balaban J connectivity index is 2.35. The van der Waals surface area contributed by atoms with Crippen LogP contribution in [0.25, 0.3) is 0 Å². The van der Waals surface area contributed by atoms with E-state index in [2.05, 4.69) is 0 Å². The van der Waals surface area contributed by atoms with Crippen molar-refractivity contribution in [1.29, 1.82) is 0 Å². The Labute approximate surface area is 84.2 Å². The van der Waals surface area contributed by atoms with Crippen molar-refractivity contribution in [1.82, 2.24) is 9.80 Å². The summed E-state index contributed by atoms with van der Waals surface area (Å²) in [5, 5.41) is 0. The fourth-order valence-corrected chi connectivity index (χ4v) is 1.29. The molecule has 0 spiro atoms. The molecule has 1 amide bonds. The zero-order chi connectivity index (χ0) is 10.6. The number of likely N-dealkylation sites (N-methyl/N-ethyl adjacent to an activating group) is 1. The molecule has 0 unspecified atom stereocenters. The van der Waals surface area contributed by atoms with Crippen LogP contribution in [-0.2, 0) is 9.59 Å². The summed E-state index contributed by atoms with van der Waals surface area (Å²) in [7, 11) is 3.88. The lowest BCUT2D eigenvalue weighted by atomic mass is 10.4. The molecule has 0 aromatic rings. The molecule has 1 aliphatic heterocycles. The van der Waals surface area contributed by atoms with Crippen molar-refractivity contribution in [2.24, 2.45) is 0 Å². The highest BCUT2D eigenvalue weighted by Crippen LogP contribution is 2.04. The minimum atomic E-state index is -0.0577. The molecule has 4 heteroatoms. The number of hydrogen-bond donors (Lipinski definition) is 0. The summed E-state index contributed by atoms with van der Waals surface area (Å²) in [6, 6.07) is 0. The maximum absolute atomic E-state index is 11.4. The number of hydrogen-bond acceptors (Lipinski definition) is 3. The van der Waals surface area contributed by atoms with E-state index in [-0.39, 0.29) is 18.2 Å². The van der Waals surface area contributed by atoms with Crippen LogP contribution in [0.1, 0.15) is 6.42 Å². The molecule has 0 saturated carbocycles. The second-order valence-corrected chi connectivity index (χ2v) is 3.71. The third-order valence-electron chi connectivity index (χ3n) is 2.07. The molecular weight excluding hydrogens is 180 g/mol. The van der Waals surface area contributed by atoms with Crippen LogP contribution in [0.15, 0.2) is 12.2 Å². The second kappa shape index (κ2) is 4.91. The maximum Gasteiger partial charge on any atom is 0.246 e. The molecule has 1 heterocycles. The Hall–Kier alpha value is -1.16. The van der Waals surface area contributed by atoms with Gasteiger partial charge in [0.05, 0.1) is 6.54 Å². The van der Waals surface area contributed by atoms with E-state index in [1.165, 1.54) is 0 Å². The van der Waals surface area contributed by atoms with Gasteiger partial charge in [-0.2, -0.15) is 0 Å². The summed E-state index contributed by atoms with van der Waals surface area (Å²) in [6.07, 6.45) is 3.86. The normalized spacial score (nSPS) is 17.4. The molecule has 0 aromatic heterocycles. The Morgan fingerprint density at radius 1 is 1.57 bits per heavy atom. The van der Waals surface area contributed by atoms with E-state index in [1.54, 1.807) is 11.0 Å². The summed E-state index contributed by atoms with van der Waals surface area (Å²) in [5.74, 6) is 0.0945. The van der Waals surface area contributed by atoms with Gasteiger partial charge in [0.2, 0.25) is 5.91 Å². The number of rotatable bonds is 3. The number of likely N-dealkylation sites (tertiary alicyclic amines) is 1. The van der Waals surface area contributed by atoms with Gasteiger partial charge in [-0.25, -0.2) is 0 Å². The van der Waals surface area contributed by atoms with E-state index in [0.717, 1.165) is 6.54 Å². The number of Topliss-reactive ketones (excluding diaryl/α,β-unsaturated/α-hetero) is 1. The lowest BCUT2D eigenvalue weighted by Crippen LogP contribution is -2.27. The van der Waals surface area contributed by atoms with E-state index in [4.69, 9.17) is 0 Å². The first-order valence-electron chi connectivity index (χ1n) is 4.71. The molecule has 78 valence electrons. The van der Waals surface area contributed by atoms with E-state index >= 15 is 0 Å². The van der Waals surface area contributed by atoms with Crippen molar-refractivity contribution in [3.63, 3.8) is 0 Å². The topological polar surface area (TPSA) is 40.6 Å². The fraction of sp³-hybridized carbons (Fsp3) is 0.600. The Kier molecular flexibility index (Phi) is 3.83. The van der Waals surface area contributed by atoms with Crippen LogP contribution in [-0.4, -0.2) is 55.2 Å². The third kappa shape index (κ3) is 3.30. The molecule has 0 bridgehead atoms. The first-order valence-corrected chi connectivity index (χ1v) is 4.71. The van der Waals surface area contributed by atoms with Gasteiger partial charge in [0.15, 0.2) is 5.78 Å². The van der Waals surface area contributed by atoms with Crippen LogP contribution in [0.2, 0.25) is 0 Å². The zero-order valence-corrected chi connectivity index (χ0v) is 8.69. The number of ketones is 1. The SMILES string of the molecule is CN(C)CC=CC(=O)N1CCC(=O)C1. The Bertz CT molecular complexity index is 259. The van der Waals surface area contributed by atoms with Gasteiger partial charge in [-0.1, -0.05) is 6.08 Å². The zero-order valence-electron chi connectivity index (χ0n) is 8.69. The van der Waals surface area contributed by atoms with Crippen LogP contribution in [0, 0.1) is 0 Å². The van der Waals surface area contributed by atoms with E-state index in [1.807, 2.05) is 25.1 Å². The first kappa shape index (κ1) is 10.9. The summed E-state index contributed by atoms with van der Waals surface area (Å²) in [4.78, 5) is 25.9. The van der Waals surface area contributed by atoms with Gasteiger partial charge in [-0.15, -0.1) is 0 Å². The number of carbonyl (C=O) groups is 2. The quantitative estimate of drug-likeness (QED) is 0.592. The highest BCUT2D eigenvalue weighted by molar-refractivity contribution is 5.94. The van der Waals surface area contributed by atoms with Gasteiger partial charge in [-0.3, -0.25) is 9.59 Å². The molecule has 0 atom stereocenters. The standard InChI is InChI=1S/C10H16N2O2/c1-11(2)6-3-4-10(14)12-7-5-9(13)8-12/h3-4H,5-8H2,1-2H3. The van der Waals surface area contributed by atoms with Crippen LogP contribution in [0.4, 0.5) is 0 Å². The second-order valence-electron chi connectivity index (χ2n) is 3.71. The van der Waals surface area contributed by atoms with Gasteiger partial charge in [0.25, 0.3) is 0 Å². The molecule has 1 rings (SSSR count). The molecule has 4 nitrogen and oxygen atoms in total. The van der Waals surface area contributed by atoms with Crippen molar-refractivity contribution in [3.05, 3.63) is 12.2 Å². The molecule has 14 heavy (non-hydrogen) atoms. The predicted octanol–water partition coefficient (Wildman–Crippen LogP) is -0.0944. The fourth-order valence-electron chi connectivity index (χ4n) is 1.29. The summed E-state index contributed by atoms with van der Waals surface area (Å²) in [6.45, 7) is 1.60. The highest BCUT2D eigenvalue weighted by Gasteiger charge is 2.21. The van der Waals surface area contributed by atoms with Crippen LogP contribution >= 0.6 is 0 Å². The van der Waals surface area contributed by atoms with Crippen LogP contribution in [0.5, 0.6) is 0 Å². The van der Waals surface area contributed by atoms with Gasteiger partial charge in [0, 0.05) is 25.6 Å². The Morgan fingerprint density at radius 3 is 2.79 bits per heavy atom. The van der Waals surface area contributed by atoms with E-state index in [0.29, 0.717) is 13.0 Å². The van der Waals surface area contributed by atoms with E-state index < -0.39 is 0 Å². The number of amides is 1. The van der Waals surface area contributed by atoms with E-state index in [9.17, 15) is 9.59 Å². The van der Waals surface area contributed by atoms with Crippen molar-refractivity contribution in [2.45, 2.75) is 6.42 Å². The van der Waals surface area contributed by atoms with Gasteiger partial charge < -0.3 is 9.80 Å². The number of carbonyl (C=O) groups excluding carboxylic acids is 2. The van der Waals surface area contributed by atoms with Crippen LogP contribution in [0.3, 0.4) is 0 Å². The average Bonchev–Trinajstić information content (AvgIpc) is 2.51. The molecule has 1 fully saturated rings. The van der Waals surface area contributed by atoms with Crippen molar-refractivity contribution < 1.29 is 9.59 Å². The minimum absolute atomic E-state index is 0.0577. The Morgan fingerprint density at radius 2 is 2.29 bits per heavy atom. The minimum Gasteiger partial charge on any atom is -0.331 e. The highest BCUT2D eigenvalue weighted by atomic mass is 16.2. The van der Waals surface area contributed by atoms with Crippen LogP contribution < -0.4 is 0 Å². The van der Waals surface area contributed by atoms with Crippen molar-refractivity contribution in [3.8, 4) is 0 Å².